The van der Waals surface area contributed by atoms with E-state index >= 15 is 0 Å². The van der Waals surface area contributed by atoms with Crippen LogP contribution in [0.15, 0.2) is 36.4 Å². The predicted octanol–water partition coefficient (Wildman–Crippen LogP) is 2.26. The topological polar surface area (TPSA) is 32.7 Å². The molecule has 0 aromatic heterocycles. The summed E-state index contributed by atoms with van der Waals surface area (Å²) in [7, 11) is 0. The largest absolute Gasteiger partial charge is 0.510 e. The first-order valence-corrected chi connectivity index (χ1v) is 4.25. The summed E-state index contributed by atoms with van der Waals surface area (Å²) < 4.78 is 5.40. The smallest absolute Gasteiger partial charge is 0.235 e. The average molecular weight is 177 g/mol. The average Bonchev–Trinajstić information content (AvgIpc) is 2.55. The minimum absolute atomic E-state index is 0.490. The van der Waals surface area contributed by atoms with Crippen LogP contribution in [0, 0.1) is 0 Å². The fourth-order valence-electron chi connectivity index (χ4n) is 1.48. The van der Waals surface area contributed by atoms with E-state index in [2.05, 4.69) is 0 Å². The Labute approximate surface area is 76.9 Å². The van der Waals surface area contributed by atoms with Crippen LogP contribution < -0.4 is 9.64 Å². The van der Waals surface area contributed by atoms with E-state index in [0.29, 0.717) is 5.88 Å². The number of para-hydroxylation sites is 2. The second kappa shape index (κ2) is 3.01. The van der Waals surface area contributed by atoms with E-state index in [4.69, 9.17) is 9.84 Å². The zero-order valence-corrected chi connectivity index (χ0v) is 7.40. The summed E-state index contributed by atoms with van der Waals surface area (Å²) in [6.45, 7) is 2.79. The lowest BCUT2D eigenvalue weighted by Gasteiger charge is -2.13. The van der Waals surface area contributed by atoms with Gasteiger partial charge in [0.15, 0.2) is 5.75 Å². The van der Waals surface area contributed by atoms with E-state index in [1.165, 1.54) is 0 Å². The number of fused-ring (bicyclic) bond motifs is 1. The van der Waals surface area contributed by atoms with Crippen molar-refractivity contribution in [2.45, 2.75) is 6.92 Å². The predicted molar refractivity (Wildman–Crippen MR) is 50.8 cm³/mol. The van der Waals surface area contributed by atoms with E-state index in [9.17, 15) is 0 Å². The highest BCUT2D eigenvalue weighted by Crippen LogP contribution is 2.37. The molecule has 3 nitrogen and oxygen atoms in total. The van der Waals surface area contributed by atoms with Crippen molar-refractivity contribution in [3.63, 3.8) is 0 Å². The fourth-order valence-corrected chi connectivity index (χ4v) is 1.48. The quantitative estimate of drug-likeness (QED) is 0.668. The molecule has 0 amide bonds. The standard InChI is InChI=1S/C10H11NO2/c1-2-11-8-5-3-4-6-9(8)13-10(11)7-12/h3-7,12H,2H2,1H3/b10-7-. The van der Waals surface area contributed by atoms with Crippen molar-refractivity contribution in [3.05, 3.63) is 36.4 Å². The Balaban J connectivity index is 2.46. The Hall–Kier alpha value is -1.64. The maximum Gasteiger partial charge on any atom is 0.235 e. The van der Waals surface area contributed by atoms with Crippen LogP contribution in [0.1, 0.15) is 6.92 Å². The molecule has 68 valence electrons. The highest BCUT2D eigenvalue weighted by Gasteiger charge is 2.24. The second-order valence-corrected chi connectivity index (χ2v) is 2.78. The van der Waals surface area contributed by atoms with Crippen molar-refractivity contribution in [1.29, 1.82) is 0 Å². The molecule has 1 N–H and O–H groups in total. The van der Waals surface area contributed by atoms with Gasteiger partial charge in [-0.05, 0) is 19.1 Å². The number of aliphatic hydroxyl groups excluding tert-OH is 1. The molecule has 13 heavy (non-hydrogen) atoms. The zero-order valence-electron chi connectivity index (χ0n) is 7.40. The third-order valence-corrected chi connectivity index (χ3v) is 2.06. The normalized spacial score (nSPS) is 17.3. The van der Waals surface area contributed by atoms with Gasteiger partial charge in [-0.3, -0.25) is 0 Å². The van der Waals surface area contributed by atoms with Crippen LogP contribution in [0.4, 0.5) is 5.69 Å². The first kappa shape index (κ1) is 7.98. The van der Waals surface area contributed by atoms with Crippen LogP contribution >= 0.6 is 0 Å². The molecule has 0 fully saturated rings. The number of hydrogen-bond acceptors (Lipinski definition) is 3. The summed E-state index contributed by atoms with van der Waals surface area (Å²) in [6.07, 6.45) is 0.990. The zero-order chi connectivity index (χ0) is 9.26. The van der Waals surface area contributed by atoms with Crippen molar-refractivity contribution in [1.82, 2.24) is 0 Å². The lowest BCUT2D eigenvalue weighted by atomic mass is 10.3. The maximum atomic E-state index is 8.91. The first-order chi connectivity index (χ1) is 6.36. The monoisotopic (exact) mass is 177 g/mol. The van der Waals surface area contributed by atoms with Crippen molar-refractivity contribution in [2.75, 3.05) is 11.4 Å². The van der Waals surface area contributed by atoms with E-state index in [-0.39, 0.29) is 0 Å². The summed E-state index contributed by atoms with van der Waals surface area (Å²) in [5.74, 6) is 1.29. The van der Waals surface area contributed by atoms with Crippen molar-refractivity contribution in [2.24, 2.45) is 0 Å². The van der Waals surface area contributed by atoms with Gasteiger partial charge in [0.25, 0.3) is 0 Å². The number of rotatable bonds is 1. The summed E-state index contributed by atoms with van der Waals surface area (Å²) in [4.78, 5) is 1.91. The molecule has 3 heteroatoms. The molecule has 0 unspecified atom stereocenters. The number of hydrogen-bond donors (Lipinski definition) is 1. The lowest BCUT2D eigenvalue weighted by Crippen LogP contribution is -2.19. The van der Waals surface area contributed by atoms with Crippen LogP contribution in [0.25, 0.3) is 0 Å². The minimum atomic E-state index is 0.490. The summed E-state index contributed by atoms with van der Waals surface area (Å²) >= 11 is 0. The van der Waals surface area contributed by atoms with Crippen molar-refractivity contribution in [3.8, 4) is 5.75 Å². The number of benzene rings is 1. The van der Waals surface area contributed by atoms with Crippen molar-refractivity contribution >= 4 is 5.69 Å². The lowest BCUT2D eigenvalue weighted by molar-refractivity contribution is 0.381. The highest BCUT2D eigenvalue weighted by molar-refractivity contribution is 5.65. The maximum absolute atomic E-state index is 8.91. The summed E-state index contributed by atoms with van der Waals surface area (Å²) in [6, 6.07) is 7.71. The van der Waals surface area contributed by atoms with Crippen LogP contribution in [-0.2, 0) is 0 Å². The Morgan fingerprint density at radius 3 is 2.92 bits per heavy atom. The van der Waals surface area contributed by atoms with Crippen molar-refractivity contribution < 1.29 is 9.84 Å². The van der Waals surface area contributed by atoms with Gasteiger partial charge in [-0.15, -0.1) is 0 Å². The molecule has 0 saturated carbocycles. The molecule has 1 aromatic rings. The van der Waals surface area contributed by atoms with Gasteiger partial charge in [0.2, 0.25) is 5.88 Å². The second-order valence-electron chi connectivity index (χ2n) is 2.78. The highest BCUT2D eigenvalue weighted by atomic mass is 16.5. The molecule has 1 aliphatic heterocycles. The van der Waals surface area contributed by atoms with Gasteiger partial charge in [0.1, 0.15) is 6.26 Å². The third kappa shape index (κ3) is 1.13. The number of aliphatic hydroxyl groups is 1. The summed E-state index contributed by atoms with van der Waals surface area (Å²) in [5.41, 5.74) is 1.00. The molecule has 0 saturated heterocycles. The van der Waals surface area contributed by atoms with Gasteiger partial charge in [0.05, 0.1) is 5.69 Å². The molecular weight excluding hydrogens is 166 g/mol. The molecular formula is C10H11NO2. The minimum Gasteiger partial charge on any atom is -0.510 e. The van der Waals surface area contributed by atoms with Crippen LogP contribution in [-0.4, -0.2) is 11.7 Å². The SMILES string of the molecule is CCN1/C(=C/O)Oc2ccccc21. The Morgan fingerprint density at radius 1 is 1.46 bits per heavy atom. The molecule has 0 atom stereocenters. The Bertz CT molecular complexity index is 347. The number of anilines is 1. The molecule has 0 aliphatic carbocycles. The van der Waals surface area contributed by atoms with Gasteiger partial charge >= 0.3 is 0 Å². The van der Waals surface area contributed by atoms with Gasteiger partial charge in [-0.2, -0.15) is 0 Å². The molecule has 1 heterocycles. The fraction of sp³-hybridized carbons (Fsp3) is 0.200. The van der Waals surface area contributed by atoms with E-state index in [1.54, 1.807) is 0 Å². The number of ether oxygens (including phenoxy) is 1. The number of nitrogens with zero attached hydrogens (tertiary/aromatic N) is 1. The first-order valence-electron chi connectivity index (χ1n) is 4.25. The molecule has 1 aromatic carbocycles. The van der Waals surface area contributed by atoms with Crippen LogP contribution in [0.2, 0.25) is 0 Å². The Kier molecular flexibility index (Phi) is 1.85. The Morgan fingerprint density at radius 2 is 2.23 bits per heavy atom. The van der Waals surface area contributed by atoms with E-state index in [0.717, 1.165) is 24.2 Å². The molecule has 0 spiro atoms. The van der Waals surface area contributed by atoms with Gasteiger partial charge in [-0.1, -0.05) is 12.1 Å². The van der Waals surface area contributed by atoms with Gasteiger partial charge < -0.3 is 14.7 Å². The third-order valence-electron chi connectivity index (χ3n) is 2.06. The van der Waals surface area contributed by atoms with Gasteiger partial charge in [-0.25, -0.2) is 0 Å². The van der Waals surface area contributed by atoms with Gasteiger partial charge in [0, 0.05) is 6.54 Å². The van der Waals surface area contributed by atoms with E-state index < -0.39 is 0 Å². The summed E-state index contributed by atoms with van der Waals surface area (Å²) in [5, 5.41) is 8.91. The molecule has 0 radical (unpaired) electrons. The van der Waals surface area contributed by atoms with Crippen LogP contribution in [0.3, 0.4) is 0 Å². The molecule has 2 rings (SSSR count). The molecule has 0 bridgehead atoms. The molecule has 1 aliphatic rings. The van der Waals surface area contributed by atoms with Crippen LogP contribution in [0.5, 0.6) is 5.75 Å². The van der Waals surface area contributed by atoms with E-state index in [1.807, 2.05) is 36.1 Å².